The molecular weight excluding hydrogens is 261 g/mol. The van der Waals surface area contributed by atoms with Gasteiger partial charge in [-0.2, -0.15) is 0 Å². The van der Waals surface area contributed by atoms with Crippen LogP contribution in [0.25, 0.3) is 11.1 Å². The van der Waals surface area contributed by atoms with Gasteiger partial charge in [0, 0.05) is 11.6 Å². The summed E-state index contributed by atoms with van der Waals surface area (Å²) in [6.45, 7) is 0. The lowest BCUT2D eigenvalue weighted by molar-refractivity contribution is -0.384. The average Bonchev–Trinajstić information content (AvgIpc) is 2.32. The van der Waals surface area contributed by atoms with Crippen molar-refractivity contribution in [2.45, 2.75) is 0 Å². The minimum Gasteiger partial charge on any atom is -0.258 e. The van der Waals surface area contributed by atoms with Crippen molar-refractivity contribution in [3.05, 3.63) is 62.6 Å². The minimum absolute atomic E-state index is 0.0817. The summed E-state index contributed by atoms with van der Waals surface area (Å²) in [5.74, 6) is 0. The summed E-state index contributed by atoms with van der Waals surface area (Å²) in [4.78, 5) is 10.1. The largest absolute Gasteiger partial charge is 0.289 e. The van der Waals surface area contributed by atoms with Gasteiger partial charge in [-0.3, -0.25) is 10.1 Å². The normalized spacial score (nSPS) is 10.2. The molecule has 3 nitrogen and oxygen atoms in total. The van der Waals surface area contributed by atoms with E-state index in [1.54, 1.807) is 0 Å². The summed E-state index contributed by atoms with van der Waals surface area (Å²) < 4.78 is 0. The van der Waals surface area contributed by atoms with Crippen molar-refractivity contribution in [1.82, 2.24) is 0 Å². The van der Waals surface area contributed by atoms with Crippen LogP contribution >= 0.6 is 23.2 Å². The molecule has 17 heavy (non-hydrogen) atoms. The molecule has 0 bridgehead atoms. The van der Waals surface area contributed by atoms with E-state index in [-0.39, 0.29) is 10.7 Å². The molecule has 0 amide bonds. The number of halogens is 2. The lowest BCUT2D eigenvalue weighted by atomic mass is 10.1. The highest BCUT2D eigenvalue weighted by molar-refractivity contribution is 6.36. The Morgan fingerprint density at radius 1 is 1.00 bits per heavy atom. The Kier molecular flexibility index (Phi) is 3.31. The topological polar surface area (TPSA) is 43.1 Å². The predicted octanol–water partition coefficient (Wildman–Crippen LogP) is 4.57. The van der Waals surface area contributed by atoms with Crippen LogP contribution in [0, 0.1) is 10.1 Å². The highest BCUT2D eigenvalue weighted by Gasteiger charge is 2.16. The Hall–Kier alpha value is -1.58. The second-order valence-electron chi connectivity index (χ2n) is 3.41. The van der Waals surface area contributed by atoms with Gasteiger partial charge in [-0.1, -0.05) is 53.5 Å². The fourth-order valence-corrected chi connectivity index (χ4v) is 2.01. The molecule has 0 radical (unpaired) electrons. The second-order valence-corrected chi connectivity index (χ2v) is 4.22. The maximum atomic E-state index is 10.7. The Morgan fingerprint density at radius 3 is 2.24 bits per heavy atom. The fraction of sp³-hybridized carbons (Fsp3) is 0. The number of nitrogens with zero attached hydrogens (tertiary/aromatic N) is 1. The van der Waals surface area contributed by atoms with Crippen LogP contribution in [0.5, 0.6) is 0 Å². The highest BCUT2D eigenvalue weighted by Crippen LogP contribution is 2.36. The third-order valence-electron chi connectivity index (χ3n) is 2.32. The molecule has 0 fully saturated rings. The van der Waals surface area contributed by atoms with Gasteiger partial charge in [0.25, 0.3) is 5.69 Å². The van der Waals surface area contributed by atoms with E-state index >= 15 is 0 Å². The number of nitro benzene ring substituents is 1. The van der Waals surface area contributed by atoms with Gasteiger partial charge in [0.05, 0.1) is 9.95 Å². The van der Waals surface area contributed by atoms with Crippen LogP contribution in [-0.2, 0) is 0 Å². The molecule has 0 aliphatic rings. The zero-order chi connectivity index (χ0) is 12.4. The molecule has 0 N–H and O–H groups in total. The Labute approximate surface area is 108 Å². The highest BCUT2D eigenvalue weighted by atomic mass is 35.5. The first-order valence-corrected chi connectivity index (χ1v) is 5.54. The summed E-state index contributed by atoms with van der Waals surface area (Å²) in [6, 6.07) is 12.1. The summed E-state index contributed by atoms with van der Waals surface area (Å²) in [5.41, 5.74) is 1.37. The van der Waals surface area contributed by atoms with Gasteiger partial charge in [0.2, 0.25) is 0 Å². The Balaban J connectivity index is 2.58. The van der Waals surface area contributed by atoms with Crippen LogP contribution in [0.4, 0.5) is 5.69 Å². The first-order valence-electron chi connectivity index (χ1n) is 4.78. The van der Waals surface area contributed by atoms with Gasteiger partial charge in [0.15, 0.2) is 0 Å². The van der Waals surface area contributed by atoms with Crippen molar-refractivity contribution in [1.29, 1.82) is 0 Å². The molecule has 0 saturated carbocycles. The van der Waals surface area contributed by atoms with Crippen LogP contribution in [0.3, 0.4) is 0 Å². The monoisotopic (exact) mass is 267 g/mol. The Bertz CT molecular complexity index is 570. The SMILES string of the molecule is O=[N+]([O-])c1cc(Cl)c(-c2ccccc2)cc1Cl. The molecule has 0 aliphatic heterocycles. The van der Waals surface area contributed by atoms with Crippen LogP contribution in [0.2, 0.25) is 10.0 Å². The quantitative estimate of drug-likeness (QED) is 0.591. The van der Waals surface area contributed by atoms with Gasteiger partial charge in [-0.25, -0.2) is 0 Å². The molecule has 2 aromatic rings. The molecule has 2 rings (SSSR count). The van der Waals surface area contributed by atoms with E-state index in [0.717, 1.165) is 5.56 Å². The number of nitro groups is 1. The second kappa shape index (κ2) is 4.73. The van der Waals surface area contributed by atoms with Crippen LogP contribution in [0.15, 0.2) is 42.5 Å². The molecule has 2 aromatic carbocycles. The molecule has 0 unspecified atom stereocenters. The number of hydrogen-bond donors (Lipinski definition) is 0. The Morgan fingerprint density at radius 2 is 1.65 bits per heavy atom. The van der Waals surface area contributed by atoms with Gasteiger partial charge in [0.1, 0.15) is 5.02 Å². The van der Waals surface area contributed by atoms with Crippen molar-refractivity contribution >= 4 is 28.9 Å². The van der Waals surface area contributed by atoms with Gasteiger partial charge < -0.3 is 0 Å². The standard InChI is InChI=1S/C12H7Cl2NO2/c13-10-7-12(15(16)17)11(14)6-9(10)8-4-2-1-3-5-8/h1-7H. The summed E-state index contributed by atoms with van der Waals surface area (Å²) >= 11 is 11.9. The maximum Gasteiger partial charge on any atom is 0.289 e. The van der Waals surface area contributed by atoms with Crippen molar-refractivity contribution in [2.75, 3.05) is 0 Å². The van der Waals surface area contributed by atoms with E-state index < -0.39 is 4.92 Å². The molecule has 0 aromatic heterocycles. The van der Waals surface area contributed by atoms with Crippen molar-refractivity contribution in [3.8, 4) is 11.1 Å². The first-order chi connectivity index (χ1) is 8.09. The van der Waals surface area contributed by atoms with Gasteiger partial charge in [-0.15, -0.1) is 0 Å². The van der Waals surface area contributed by atoms with Crippen LogP contribution < -0.4 is 0 Å². The lowest BCUT2D eigenvalue weighted by Gasteiger charge is -2.05. The van der Waals surface area contributed by atoms with Crippen molar-refractivity contribution in [3.63, 3.8) is 0 Å². The lowest BCUT2D eigenvalue weighted by Crippen LogP contribution is -1.90. The van der Waals surface area contributed by atoms with Crippen molar-refractivity contribution < 1.29 is 4.92 Å². The third-order valence-corrected chi connectivity index (χ3v) is 2.93. The minimum atomic E-state index is -0.553. The molecule has 86 valence electrons. The van der Waals surface area contributed by atoms with E-state index in [9.17, 15) is 10.1 Å². The zero-order valence-corrected chi connectivity index (χ0v) is 10.1. The van der Waals surface area contributed by atoms with E-state index in [2.05, 4.69) is 0 Å². The summed E-state index contributed by atoms with van der Waals surface area (Å²) in [5, 5.41) is 11.1. The number of rotatable bonds is 2. The van der Waals surface area contributed by atoms with Crippen LogP contribution in [0.1, 0.15) is 0 Å². The van der Waals surface area contributed by atoms with Crippen LogP contribution in [-0.4, -0.2) is 4.92 Å². The van der Waals surface area contributed by atoms with Crippen molar-refractivity contribution in [2.24, 2.45) is 0 Å². The molecule has 0 atom stereocenters. The summed E-state index contributed by atoms with van der Waals surface area (Å²) in [6.07, 6.45) is 0. The molecule has 0 spiro atoms. The van der Waals surface area contributed by atoms with Gasteiger partial charge >= 0.3 is 0 Å². The molecule has 0 aliphatic carbocycles. The summed E-state index contributed by atoms with van der Waals surface area (Å²) in [7, 11) is 0. The van der Waals surface area contributed by atoms with E-state index in [1.807, 2.05) is 30.3 Å². The van der Waals surface area contributed by atoms with E-state index in [4.69, 9.17) is 23.2 Å². The molecular formula is C12H7Cl2NO2. The third kappa shape index (κ3) is 2.40. The molecule has 5 heteroatoms. The smallest absolute Gasteiger partial charge is 0.258 e. The molecule has 0 heterocycles. The number of benzene rings is 2. The fourth-order valence-electron chi connectivity index (χ4n) is 1.52. The average molecular weight is 268 g/mol. The van der Waals surface area contributed by atoms with Gasteiger partial charge in [-0.05, 0) is 11.6 Å². The van der Waals surface area contributed by atoms with E-state index in [1.165, 1.54) is 12.1 Å². The van der Waals surface area contributed by atoms with E-state index in [0.29, 0.717) is 10.6 Å². The number of hydrogen-bond acceptors (Lipinski definition) is 2. The maximum absolute atomic E-state index is 10.7. The zero-order valence-electron chi connectivity index (χ0n) is 8.56. The first kappa shape index (κ1) is 11.9. The molecule has 0 saturated heterocycles. The predicted molar refractivity (Wildman–Crippen MR) is 68.6 cm³/mol.